The van der Waals surface area contributed by atoms with Crippen molar-refractivity contribution >= 4 is 59.3 Å². The van der Waals surface area contributed by atoms with Crippen LogP contribution in [0.2, 0.25) is 0 Å². The van der Waals surface area contributed by atoms with Crippen molar-refractivity contribution in [2.24, 2.45) is 17.4 Å². The summed E-state index contributed by atoms with van der Waals surface area (Å²) in [5.74, 6) is -11.4. The first kappa shape index (κ1) is 51.8. The lowest BCUT2D eigenvalue weighted by atomic mass is 10.0. The summed E-state index contributed by atoms with van der Waals surface area (Å²) in [5.41, 5.74) is 11.6. The molecule has 1 heterocycles. The number of unbranched alkanes of at least 4 members (excludes halogenated alkanes) is 1. The number of aromatic hydroxyl groups is 1. The third-order valence-electron chi connectivity index (χ3n) is 9.60. The molecule has 1 aromatic carbocycles. The molecule has 0 unspecified atom stereocenters. The predicted octanol–water partition coefficient (Wildman–Crippen LogP) is -2.98. The van der Waals surface area contributed by atoms with Crippen LogP contribution in [0.4, 0.5) is 0 Å². The minimum Gasteiger partial charge on any atom is -0.508 e. The van der Waals surface area contributed by atoms with E-state index in [9.17, 15) is 68.4 Å². The number of phenols is 1. The topological polar surface area (TPSA) is 379 Å². The van der Waals surface area contributed by atoms with Gasteiger partial charge >= 0.3 is 17.9 Å². The molecule has 2 rings (SSSR count). The first-order valence-corrected chi connectivity index (χ1v) is 20.1. The molecule has 23 heteroatoms. The van der Waals surface area contributed by atoms with E-state index in [-0.39, 0.29) is 43.9 Å². The summed E-state index contributed by atoms with van der Waals surface area (Å²) in [6.07, 6.45) is -0.709. The Bertz CT molecular complexity index is 1770. The third-order valence-corrected chi connectivity index (χ3v) is 9.60. The fourth-order valence-electron chi connectivity index (χ4n) is 6.48. The van der Waals surface area contributed by atoms with E-state index in [2.05, 4.69) is 31.9 Å². The highest BCUT2D eigenvalue weighted by Gasteiger charge is 2.38. The van der Waals surface area contributed by atoms with Crippen LogP contribution in [0.3, 0.4) is 0 Å². The van der Waals surface area contributed by atoms with Gasteiger partial charge in [0.15, 0.2) is 0 Å². The summed E-state index contributed by atoms with van der Waals surface area (Å²) in [7, 11) is 0. The average Bonchev–Trinajstić information content (AvgIpc) is 3.68. The van der Waals surface area contributed by atoms with Gasteiger partial charge in [-0.3, -0.25) is 43.2 Å². The molecule has 1 aromatic rings. The van der Waals surface area contributed by atoms with Gasteiger partial charge in [0.25, 0.3) is 0 Å². The number of nitrogens with two attached hydrogens (primary N) is 2. The van der Waals surface area contributed by atoms with E-state index in [0.717, 1.165) is 0 Å². The number of carboxylic acid groups (broad SMARTS) is 3. The number of nitrogens with one attached hydrogen (secondary N) is 6. The average molecular weight is 878 g/mol. The number of phenolic OH excluding ortho intramolecular Hbond substituents is 1. The fourth-order valence-corrected chi connectivity index (χ4v) is 6.48. The second-order valence-corrected chi connectivity index (χ2v) is 15.4. The first-order valence-electron chi connectivity index (χ1n) is 20.1. The number of aliphatic carboxylic acids is 3. The van der Waals surface area contributed by atoms with Gasteiger partial charge in [0.1, 0.15) is 42.0 Å². The molecule has 14 N–H and O–H groups in total. The Balaban J connectivity index is 2.29. The summed E-state index contributed by atoms with van der Waals surface area (Å²) >= 11 is 0. The van der Waals surface area contributed by atoms with Gasteiger partial charge < -0.3 is 68.7 Å². The SMILES string of the molecule is CC(C)C[C@H](NC(=O)[C@H](CC(=O)O)NC(=O)[C@H](CC(=O)O)NC(=O)[C@H](Cc1ccc(O)cc1)NC(=O)[C@@H]1CCCN1C(=O)[C@H](C)N)C(=O)NCC(=O)N[C@@H](CCCCN)C(=O)O. The standard InChI is InChI=1S/C39H59N9O14/c1-20(2)15-25(33(55)42-19-30(50)43-24(39(61)62)7-4-5-13-40)44-35(57)27(17-31(51)52)46-36(58)28(18-32(53)54)45-34(56)26(16-22-9-11-23(49)12-10-22)47-37(59)29-8-6-14-48(29)38(60)21(3)41/h9-12,20-21,24-29,49H,4-8,13-19,40-41H2,1-3H3,(H,42,55)(H,43,50)(H,44,57)(H,45,56)(H,46,58)(H,47,59)(H,51,52)(H,53,54)(H,61,62)/t21-,24-,25-,26-,27-,28-,29-/m0/s1. The molecule has 1 aliphatic heterocycles. The van der Waals surface area contributed by atoms with Gasteiger partial charge in [-0.1, -0.05) is 26.0 Å². The lowest BCUT2D eigenvalue weighted by molar-refractivity contribution is -0.144. The number of nitrogens with zero attached hydrogens (tertiary/aromatic N) is 1. The van der Waals surface area contributed by atoms with Gasteiger partial charge in [-0.05, 0) is 75.6 Å². The summed E-state index contributed by atoms with van der Waals surface area (Å²) in [5, 5.41) is 52.4. The Kier molecular flexibility index (Phi) is 21.2. The zero-order chi connectivity index (χ0) is 46.7. The van der Waals surface area contributed by atoms with Crippen molar-refractivity contribution in [3.05, 3.63) is 29.8 Å². The normalized spacial score (nSPS) is 16.4. The number of carbonyl (C=O) groups is 10. The summed E-state index contributed by atoms with van der Waals surface area (Å²) < 4.78 is 0. The van der Waals surface area contributed by atoms with Crippen LogP contribution in [-0.4, -0.2) is 147 Å². The Morgan fingerprint density at radius 1 is 0.726 bits per heavy atom. The molecule has 1 aliphatic rings. The van der Waals surface area contributed by atoms with Crippen LogP contribution in [0.1, 0.15) is 77.7 Å². The molecule has 0 aliphatic carbocycles. The molecule has 0 radical (unpaired) electrons. The van der Waals surface area contributed by atoms with Crippen molar-refractivity contribution in [2.45, 2.75) is 121 Å². The van der Waals surface area contributed by atoms with E-state index >= 15 is 0 Å². The van der Waals surface area contributed by atoms with Gasteiger partial charge in [-0.25, -0.2) is 4.79 Å². The summed E-state index contributed by atoms with van der Waals surface area (Å²) in [4.78, 5) is 130. The fraction of sp³-hybridized carbons (Fsp3) is 0.590. The lowest BCUT2D eigenvalue weighted by Crippen LogP contribution is -2.60. The Hall–Kier alpha value is -6.36. The van der Waals surface area contributed by atoms with Crippen LogP contribution in [0, 0.1) is 5.92 Å². The van der Waals surface area contributed by atoms with Crippen molar-refractivity contribution in [3.8, 4) is 5.75 Å². The molecular weight excluding hydrogens is 818 g/mol. The molecule has 7 atom stereocenters. The van der Waals surface area contributed by atoms with Gasteiger partial charge in [-0.2, -0.15) is 0 Å². The van der Waals surface area contributed by atoms with Crippen molar-refractivity contribution in [1.82, 2.24) is 36.8 Å². The molecule has 0 spiro atoms. The molecule has 0 bridgehead atoms. The van der Waals surface area contributed by atoms with E-state index in [4.69, 9.17) is 11.5 Å². The molecule has 7 amide bonds. The monoisotopic (exact) mass is 877 g/mol. The maximum Gasteiger partial charge on any atom is 0.326 e. The number of benzene rings is 1. The zero-order valence-corrected chi connectivity index (χ0v) is 34.9. The number of hydrogen-bond acceptors (Lipinski definition) is 13. The molecule has 62 heavy (non-hydrogen) atoms. The van der Waals surface area contributed by atoms with Crippen molar-refractivity contribution in [2.75, 3.05) is 19.6 Å². The van der Waals surface area contributed by atoms with Crippen LogP contribution in [0.5, 0.6) is 5.75 Å². The quantitative estimate of drug-likeness (QED) is 0.0413. The van der Waals surface area contributed by atoms with Crippen LogP contribution in [-0.2, 0) is 54.4 Å². The second kappa shape index (κ2) is 25.4. The number of carbonyl (C=O) groups excluding carboxylic acids is 7. The van der Waals surface area contributed by atoms with E-state index in [1.54, 1.807) is 13.8 Å². The highest BCUT2D eigenvalue weighted by atomic mass is 16.4. The maximum atomic E-state index is 13.8. The molecule has 0 aromatic heterocycles. The Morgan fingerprint density at radius 2 is 1.27 bits per heavy atom. The minimum atomic E-state index is -1.95. The summed E-state index contributed by atoms with van der Waals surface area (Å²) in [6, 6.07) is -4.44. The molecule has 23 nitrogen and oxygen atoms in total. The lowest BCUT2D eigenvalue weighted by Gasteiger charge is -2.28. The maximum absolute atomic E-state index is 13.8. The van der Waals surface area contributed by atoms with Gasteiger partial charge in [0, 0.05) is 13.0 Å². The number of likely N-dealkylation sites (tertiary alicyclic amines) is 1. The molecule has 1 saturated heterocycles. The smallest absolute Gasteiger partial charge is 0.326 e. The second-order valence-electron chi connectivity index (χ2n) is 15.4. The number of rotatable bonds is 26. The van der Waals surface area contributed by atoms with Gasteiger partial charge in [0.2, 0.25) is 41.4 Å². The number of hydrogen-bond donors (Lipinski definition) is 12. The highest BCUT2D eigenvalue weighted by Crippen LogP contribution is 2.19. The Labute approximate surface area is 357 Å². The molecule has 1 fully saturated rings. The number of amides is 7. The summed E-state index contributed by atoms with van der Waals surface area (Å²) in [6.45, 7) is 4.69. The van der Waals surface area contributed by atoms with E-state index < -0.39 is 121 Å². The van der Waals surface area contributed by atoms with Crippen molar-refractivity contribution < 1.29 is 68.4 Å². The third kappa shape index (κ3) is 17.7. The minimum absolute atomic E-state index is 0.0480. The van der Waals surface area contributed by atoms with E-state index in [1.165, 1.54) is 36.1 Å². The predicted molar refractivity (Wildman–Crippen MR) is 217 cm³/mol. The van der Waals surface area contributed by atoms with Crippen LogP contribution >= 0.6 is 0 Å². The molecule has 0 saturated carbocycles. The highest BCUT2D eigenvalue weighted by molar-refractivity contribution is 5.99. The first-order chi connectivity index (χ1) is 29.1. The van der Waals surface area contributed by atoms with Gasteiger partial charge in [0.05, 0.1) is 25.4 Å². The Morgan fingerprint density at radius 3 is 1.77 bits per heavy atom. The molecular formula is C39H59N9O14. The zero-order valence-electron chi connectivity index (χ0n) is 34.9. The van der Waals surface area contributed by atoms with E-state index in [1.807, 2.05) is 0 Å². The van der Waals surface area contributed by atoms with Gasteiger partial charge in [-0.15, -0.1) is 0 Å². The van der Waals surface area contributed by atoms with Crippen LogP contribution in [0.25, 0.3) is 0 Å². The molecule has 344 valence electrons. The van der Waals surface area contributed by atoms with Crippen LogP contribution < -0.4 is 43.4 Å². The largest absolute Gasteiger partial charge is 0.508 e. The number of carboxylic acids is 3. The van der Waals surface area contributed by atoms with Crippen molar-refractivity contribution in [3.63, 3.8) is 0 Å². The van der Waals surface area contributed by atoms with E-state index in [0.29, 0.717) is 31.4 Å². The van der Waals surface area contributed by atoms with Crippen LogP contribution in [0.15, 0.2) is 24.3 Å². The van der Waals surface area contributed by atoms with Crippen molar-refractivity contribution in [1.29, 1.82) is 0 Å².